The van der Waals surface area contributed by atoms with E-state index in [0.717, 1.165) is 0 Å². The number of methoxy groups -OCH3 is 1. The van der Waals surface area contributed by atoms with E-state index in [1.54, 1.807) is 25.1 Å². The Hall–Kier alpha value is -2.35. The average molecular weight is 275 g/mol. The Morgan fingerprint density at radius 1 is 1.30 bits per heavy atom. The number of hydrogen-bond acceptors (Lipinski definition) is 5. The van der Waals surface area contributed by atoms with Gasteiger partial charge < -0.3 is 9.47 Å². The number of carbonyl (C=O) groups excluding carboxylic acids is 2. The molecule has 0 atom stereocenters. The fourth-order valence-corrected chi connectivity index (χ4v) is 1.90. The smallest absolute Gasteiger partial charge is 0.310 e. The van der Waals surface area contributed by atoms with E-state index in [1.807, 2.05) is 0 Å². The van der Waals surface area contributed by atoms with Gasteiger partial charge >= 0.3 is 11.9 Å². The molecular formula is C15H17NO4. The van der Waals surface area contributed by atoms with Gasteiger partial charge in [-0.25, -0.2) is 0 Å². The van der Waals surface area contributed by atoms with Gasteiger partial charge in [-0.3, -0.25) is 9.59 Å². The lowest BCUT2D eigenvalue weighted by atomic mass is 9.95. The van der Waals surface area contributed by atoms with Crippen molar-refractivity contribution in [1.82, 2.24) is 0 Å². The maximum atomic E-state index is 11.6. The van der Waals surface area contributed by atoms with E-state index >= 15 is 0 Å². The lowest BCUT2D eigenvalue weighted by Gasteiger charge is -2.10. The molecule has 0 radical (unpaired) electrons. The molecule has 1 rings (SSSR count). The van der Waals surface area contributed by atoms with Crippen LogP contribution in [0.1, 0.15) is 30.0 Å². The summed E-state index contributed by atoms with van der Waals surface area (Å²) in [6.07, 6.45) is 0.635. The van der Waals surface area contributed by atoms with Gasteiger partial charge in [-0.15, -0.1) is 0 Å². The molecule has 5 nitrogen and oxygen atoms in total. The highest BCUT2D eigenvalue weighted by Crippen LogP contribution is 2.18. The molecule has 0 amide bonds. The highest BCUT2D eigenvalue weighted by Gasteiger charge is 2.14. The Labute approximate surface area is 118 Å². The van der Waals surface area contributed by atoms with Crippen molar-refractivity contribution in [1.29, 1.82) is 5.26 Å². The molecule has 0 bridgehead atoms. The molecule has 0 aliphatic heterocycles. The number of rotatable bonds is 6. The summed E-state index contributed by atoms with van der Waals surface area (Å²) in [7, 11) is 1.32. The van der Waals surface area contributed by atoms with Crippen LogP contribution in [0.25, 0.3) is 0 Å². The van der Waals surface area contributed by atoms with Crippen molar-refractivity contribution in [2.75, 3.05) is 13.7 Å². The second-order valence-corrected chi connectivity index (χ2v) is 4.11. The van der Waals surface area contributed by atoms with Crippen molar-refractivity contribution in [3.8, 4) is 6.07 Å². The predicted octanol–water partition coefficient (Wildman–Crippen LogP) is 1.77. The lowest BCUT2D eigenvalue weighted by Crippen LogP contribution is -2.11. The van der Waals surface area contributed by atoms with Crippen molar-refractivity contribution in [2.24, 2.45) is 0 Å². The molecule has 0 aliphatic rings. The van der Waals surface area contributed by atoms with Crippen LogP contribution in [-0.2, 0) is 31.9 Å². The van der Waals surface area contributed by atoms with Crippen molar-refractivity contribution >= 4 is 11.9 Å². The Balaban J connectivity index is 2.95. The minimum atomic E-state index is -0.347. The highest BCUT2D eigenvalue weighted by molar-refractivity contribution is 5.74. The van der Waals surface area contributed by atoms with Crippen molar-refractivity contribution < 1.29 is 19.1 Å². The molecular weight excluding hydrogens is 258 g/mol. The molecule has 0 heterocycles. The van der Waals surface area contributed by atoms with E-state index in [9.17, 15) is 9.59 Å². The summed E-state index contributed by atoms with van der Waals surface area (Å²) in [5.74, 6) is -0.693. The van der Waals surface area contributed by atoms with Crippen LogP contribution < -0.4 is 0 Å². The number of nitrogens with zero attached hydrogens (tertiary/aromatic N) is 1. The lowest BCUT2D eigenvalue weighted by molar-refractivity contribution is -0.142. The zero-order valence-corrected chi connectivity index (χ0v) is 11.6. The molecule has 0 aliphatic carbocycles. The van der Waals surface area contributed by atoms with Gasteiger partial charge in [0.15, 0.2) is 0 Å². The third-order valence-electron chi connectivity index (χ3n) is 2.84. The Bertz CT molecular complexity index is 531. The summed E-state index contributed by atoms with van der Waals surface area (Å²) in [6.45, 7) is 2.05. The molecule has 0 unspecified atom stereocenters. The topological polar surface area (TPSA) is 76.4 Å². The van der Waals surface area contributed by atoms with Crippen LogP contribution in [0, 0.1) is 11.3 Å². The van der Waals surface area contributed by atoms with E-state index in [2.05, 4.69) is 10.8 Å². The number of ether oxygens (including phenoxy) is 2. The molecule has 5 heteroatoms. The second kappa shape index (κ2) is 7.95. The number of hydrogen-bond donors (Lipinski definition) is 0. The first kappa shape index (κ1) is 15.7. The van der Waals surface area contributed by atoms with Gasteiger partial charge in [-0.1, -0.05) is 12.1 Å². The molecule has 0 N–H and O–H groups in total. The average Bonchev–Trinajstić information content (AvgIpc) is 2.45. The summed E-state index contributed by atoms with van der Waals surface area (Å²) in [5, 5.41) is 9.12. The van der Waals surface area contributed by atoms with E-state index in [4.69, 9.17) is 10.00 Å². The summed E-state index contributed by atoms with van der Waals surface area (Å²) >= 11 is 0. The molecule has 1 aromatic rings. The SMILES string of the molecule is CCOC(=O)Cc1cccc(C#N)c1CCC(=O)OC. The third kappa shape index (κ3) is 4.39. The van der Waals surface area contributed by atoms with Gasteiger partial charge in [-0.2, -0.15) is 5.26 Å². The maximum absolute atomic E-state index is 11.6. The Morgan fingerprint density at radius 3 is 2.65 bits per heavy atom. The molecule has 0 aromatic heterocycles. The predicted molar refractivity (Wildman–Crippen MR) is 71.8 cm³/mol. The standard InChI is InChI=1S/C15H17NO4/c1-3-20-15(18)9-11-5-4-6-12(10-16)13(11)7-8-14(17)19-2/h4-6H,3,7-9H2,1-2H3. The summed E-state index contributed by atoms with van der Waals surface area (Å²) in [4.78, 5) is 22.8. The largest absolute Gasteiger partial charge is 0.469 e. The van der Waals surface area contributed by atoms with Gasteiger partial charge in [0.2, 0.25) is 0 Å². The van der Waals surface area contributed by atoms with Crippen molar-refractivity contribution in [3.63, 3.8) is 0 Å². The summed E-state index contributed by atoms with van der Waals surface area (Å²) < 4.78 is 9.50. The van der Waals surface area contributed by atoms with E-state index < -0.39 is 0 Å². The zero-order chi connectivity index (χ0) is 15.0. The van der Waals surface area contributed by atoms with Gasteiger partial charge in [0.05, 0.1) is 31.8 Å². The first-order chi connectivity index (χ1) is 9.62. The van der Waals surface area contributed by atoms with Gasteiger partial charge in [0, 0.05) is 6.42 Å². The van der Waals surface area contributed by atoms with Crippen molar-refractivity contribution in [2.45, 2.75) is 26.2 Å². The molecule has 0 fully saturated rings. The third-order valence-corrected chi connectivity index (χ3v) is 2.84. The minimum Gasteiger partial charge on any atom is -0.469 e. The van der Waals surface area contributed by atoms with Crippen LogP contribution in [-0.4, -0.2) is 25.7 Å². The second-order valence-electron chi connectivity index (χ2n) is 4.11. The van der Waals surface area contributed by atoms with E-state index in [0.29, 0.717) is 29.7 Å². The van der Waals surface area contributed by atoms with E-state index in [1.165, 1.54) is 7.11 Å². The fraction of sp³-hybridized carbons (Fsp3) is 0.400. The number of carbonyl (C=O) groups is 2. The molecule has 1 aromatic carbocycles. The van der Waals surface area contributed by atoms with Crippen molar-refractivity contribution in [3.05, 3.63) is 34.9 Å². The monoisotopic (exact) mass is 275 g/mol. The normalized spacial score (nSPS) is 9.65. The number of benzene rings is 1. The fourth-order valence-electron chi connectivity index (χ4n) is 1.90. The molecule has 106 valence electrons. The summed E-state index contributed by atoms with van der Waals surface area (Å²) in [5.41, 5.74) is 1.88. The number of nitriles is 1. The molecule has 0 saturated carbocycles. The van der Waals surface area contributed by atoms with Gasteiger partial charge in [0.25, 0.3) is 0 Å². The van der Waals surface area contributed by atoms with Crippen LogP contribution in [0.5, 0.6) is 0 Å². The first-order valence-corrected chi connectivity index (χ1v) is 6.35. The van der Waals surface area contributed by atoms with Crippen LogP contribution in [0.4, 0.5) is 0 Å². The molecule has 0 spiro atoms. The van der Waals surface area contributed by atoms with Gasteiger partial charge in [-0.05, 0) is 30.5 Å². The Kier molecular flexibility index (Phi) is 6.24. The van der Waals surface area contributed by atoms with Crippen LogP contribution in [0.15, 0.2) is 18.2 Å². The quantitative estimate of drug-likeness (QED) is 0.739. The molecule has 0 saturated heterocycles. The zero-order valence-electron chi connectivity index (χ0n) is 11.6. The van der Waals surface area contributed by atoms with Crippen LogP contribution >= 0.6 is 0 Å². The molecule has 20 heavy (non-hydrogen) atoms. The van der Waals surface area contributed by atoms with E-state index in [-0.39, 0.29) is 24.8 Å². The maximum Gasteiger partial charge on any atom is 0.310 e. The van der Waals surface area contributed by atoms with Gasteiger partial charge in [0.1, 0.15) is 0 Å². The first-order valence-electron chi connectivity index (χ1n) is 6.35. The minimum absolute atomic E-state index is 0.0971. The summed E-state index contributed by atoms with van der Waals surface area (Å²) in [6, 6.07) is 7.23. The highest BCUT2D eigenvalue weighted by atomic mass is 16.5. The number of esters is 2. The Morgan fingerprint density at radius 2 is 2.05 bits per heavy atom. The van der Waals surface area contributed by atoms with Crippen LogP contribution in [0.3, 0.4) is 0 Å². The van der Waals surface area contributed by atoms with Crippen LogP contribution in [0.2, 0.25) is 0 Å².